The minimum atomic E-state index is -0.801. The number of nitrogens with one attached hydrogen (secondary N) is 1. The first-order valence-electron chi connectivity index (χ1n) is 7.09. The van der Waals surface area contributed by atoms with Gasteiger partial charge in [0, 0.05) is 12.1 Å². The molecule has 0 fully saturated rings. The summed E-state index contributed by atoms with van der Waals surface area (Å²) >= 11 is 5.81. The van der Waals surface area contributed by atoms with Crippen LogP contribution in [0.1, 0.15) is 16.1 Å². The van der Waals surface area contributed by atoms with Crippen molar-refractivity contribution in [2.75, 3.05) is 0 Å². The van der Waals surface area contributed by atoms with Gasteiger partial charge in [0.15, 0.2) is 5.76 Å². The van der Waals surface area contributed by atoms with Gasteiger partial charge in [0.1, 0.15) is 23.1 Å². The molecular formula is C17H10ClF3N2O2. The van der Waals surface area contributed by atoms with Crippen LogP contribution in [-0.4, -0.2) is 11.1 Å². The summed E-state index contributed by atoms with van der Waals surface area (Å²) in [5.74, 6) is -2.91. The first-order chi connectivity index (χ1) is 12.0. The maximum Gasteiger partial charge on any atom is 0.256 e. The highest BCUT2D eigenvalue weighted by atomic mass is 35.5. The Hall–Kier alpha value is -2.80. The van der Waals surface area contributed by atoms with Crippen LogP contribution in [0.15, 0.2) is 47.0 Å². The Labute approximate surface area is 145 Å². The molecule has 8 heteroatoms. The van der Waals surface area contributed by atoms with Gasteiger partial charge in [-0.1, -0.05) is 22.8 Å². The second-order valence-corrected chi connectivity index (χ2v) is 5.49. The summed E-state index contributed by atoms with van der Waals surface area (Å²) in [4.78, 5) is 12.0. The molecule has 128 valence electrons. The number of aromatic nitrogens is 1. The number of benzene rings is 2. The number of amides is 1. The van der Waals surface area contributed by atoms with Gasteiger partial charge in [-0.05, 0) is 24.3 Å². The molecule has 4 nitrogen and oxygen atoms in total. The molecule has 1 amide bonds. The van der Waals surface area contributed by atoms with Gasteiger partial charge in [-0.3, -0.25) is 4.79 Å². The van der Waals surface area contributed by atoms with E-state index in [1.807, 2.05) is 0 Å². The summed E-state index contributed by atoms with van der Waals surface area (Å²) in [6.07, 6.45) is 0. The molecular weight excluding hydrogens is 357 g/mol. The van der Waals surface area contributed by atoms with E-state index in [9.17, 15) is 18.0 Å². The molecule has 0 aliphatic rings. The lowest BCUT2D eigenvalue weighted by molar-refractivity contribution is 0.0946. The van der Waals surface area contributed by atoms with Crippen molar-refractivity contribution < 1.29 is 22.5 Å². The van der Waals surface area contributed by atoms with E-state index in [1.165, 1.54) is 24.3 Å². The molecule has 2 aromatic carbocycles. The van der Waals surface area contributed by atoms with Crippen LogP contribution in [0.5, 0.6) is 0 Å². The van der Waals surface area contributed by atoms with E-state index < -0.39 is 23.4 Å². The van der Waals surface area contributed by atoms with Gasteiger partial charge < -0.3 is 9.84 Å². The topological polar surface area (TPSA) is 55.1 Å². The van der Waals surface area contributed by atoms with Crippen molar-refractivity contribution in [1.82, 2.24) is 10.5 Å². The molecule has 0 aliphatic carbocycles. The fraction of sp³-hybridized carbons (Fsp3) is 0.0588. The van der Waals surface area contributed by atoms with Gasteiger partial charge >= 0.3 is 0 Å². The molecule has 0 unspecified atom stereocenters. The molecule has 0 saturated carbocycles. The van der Waals surface area contributed by atoms with Crippen LogP contribution in [0.25, 0.3) is 11.3 Å². The molecule has 0 spiro atoms. The summed E-state index contributed by atoms with van der Waals surface area (Å²) in [5.41, 5.74) is 0.0284. The highest BCUT2D eigenvalue weighted by molar-refractivity contribution is 6.33. The van der Waals surface area contributed by atoms with E-state index in [0.29, 0.717) is 0 Å². The molecule has 1 aromatic heterocycles. The van der Waals surface area contributed by atoms with Crippen LogP contribution in [0.3, 0.4) is 0 Å². The largest absolute Gasteiger partial charge is 0.356 e. The summed E-state index contributed by atoms with van der Waals surface area (Å²) < 4.78 is 45.3. The first-order valence-corrected chi connectivity index (χ1v) is 7.46. The van der Waals surface area contributed by atoms with E-state index in [4.69, 9.17) is 16.1 Å². The van der Waals surface area contributed by atoms with Crippen molar-refractivity contribution in [2.24, 2.45) is 0 Å². The number of hydrogen-bond acceptors (Lipinski definition) is 3. The monoisotopic (exact) mass is 366 g/mol. The molecule has 0 saturated heterocycles. The zero-order valence-electron chi connectivity index (χ0n) is 12.5. The number of nitrogens with zero attached hydrogens (tertiary/aromatic N) is 1. The van der Waals surface area contributed by atoms with Crippen molar-refractivity contribution in [2.45, 2.75) is 6.54 Å². The van der Waals surface area contributed by atoms with E-state index in [2.05, 4.69) is 10.5 Å². The van der Waals surface area contributed by atoms with Gasteiger partial charge in [-0.2, -0.15) is 0 Å². The lowest BCUT2D eigenvalue weighted by Crippen LogP contribution is -2.24. The zero-order chi connectivity index (χ0) is 18.0. The van der Waals surface area contributed by atoms with Crippen LogP contribution < -0.4 is 5.32 Å². The molecule has 0 atom stereocenters. The predicted molar refractivity (Wildman–Crippen MR) is 84.4 cm³/mol. The zero-order valence-corrected chi connectivity index (χ0v) is 13.3. The van der Waals surface area contributed by atoms with E-state index in [0.717, 1.165) is 18.2 Å². The number of rotatable bonds is 4. The number of carbonyl (C=O) groups excluding carboxylic acids is 1. The normalized spacial score (nSPS) is 10.7. The first kappa shape index (κ1) is 17.0. The average molecular weight is 367 g/mol. The van der Waals surface area contributed by atoms with Gasteiger partial charge in [-0.25, -0.2) is 13.2 Å². The Balaban J connectivity index is 1.73. The van der Waals surface area contributed by atoms with Crippen molar-refractivity contribution in [3.8, 4) is 11.3 Å². The summed E-state index contributed by atoms with van der Waals surface area (Å²) in [6, 6.07) is 8.31. The minimum Gasteiger partial charge on any atom is -0.356 e. The standard InChI is InChI=1S/C17H10ClF3N2O2/c18-12-2-1-3-13(20)16(12)17(24)22-8-10-7-15(25-23-10)11-5-4-9(19)6-14(11)21/h1-7H,8H2,(H,22,24). The molecule has 1 N–H and O–H groups in total. The van der Waals surface area contributed by atoms with Gasteiger partial charge in [0.25, 0.3) is 5.91 Å². The second-order valence-electron chi connectivity index (χ2n) is 5.09. The lowest BCUT2D eigenvalue weighted by atomic mass is 10.1. The number of carbonyl (C=O) groups is 1. The molecule has 3 rings (SSSR count). The molecule has 3 aromatic rings. The Morgan fingerprint density at radius 3 is 2.64 bits per heavy atom. The fourth-order valence-electron chi connectivity index (χ4n) is 2.19. The third kappa shape index (κ3) is 3.66. The van der Waals surface area contributed by atoms with Gasteiger partial charge in [0.05, 0.1) is 22.7 Å². The van der Waals surface area contributed by atoms with E-state index in [1.54, 1.807) is 0 Å². The number of halogens is 4. The van der Waals surface area contributed by atoms with Crippen LogP contribution in [0.4, 0.5) is 13.2 Å². The van der Waals surface area contributed by atoms with E-state index >= 15 is 0 Å². The van der Waals surface area contributed by atoms with Crippen molar-refractivity contribution >= 4 is 17.5 Å². The third-order valence-electron chi connectivity index (χ3n) is 3.38. The van der Waals surface area contributed by atoms with Crippen molar-refractivity contribution in [3.63, 3.8) is 0 Å². The second kappa shape index (κ2) is 6.98. The third-order valence-corrected chi connectivity index (χ3v) is 3.69. The van der Waals surface area contributed by atoms with Crippen LogP contribution in [0.2, 0.25) is 5.02 Å². The molecule has 0 radical (unpaired) electrons. The predicted octanol–water partition coefficient (Wildman–Crippen LogP) is 4.34. The summed E-state index contributed by atoms with van der Waals surface area (Å²) in [5, 5.41) is 6.11. The molecule has 1 heterocycles. The quantitative estimate of drug-likeness (QED) is 0.747. The Bertz CT molecular complexity index is 923. The van der Waals surface area contributed by atoms with Crippen LogP contribution in [0, 0.1) is 17.5 Å². The highest BCUT2D eigenvalue weighted by Crippen LogP contribution is 2.24. The Morgan fingerprint density at radius 2 is 1.92 bits per heavy atom. The van der Waals surface area contributed by atoms with E-state index in [-0.39, 0.29) is 34.1 Å². The Kier molecular flexibility index (Phi) is 4.76. The average Bonchev–Trinajstić information content (AvgIpc) is 3.01. The molecule has 0 aliphatic heterocycles. The fourth-order valence-corrected chi connectivity index (χ4v) is 2.43. The van der Waals surface area contributed by atoms with Crippen LogP contribution >= 0.6 is 11.6 Å². The lowest BCUT2D eigenvalue weighted by Gasteiger charge is -2.05. The maximum absolute atomic E-state index is 13.7. The summed E-state index contributed by atoms with van der Waals surface area (Å²) in [7, 11) is 0. The summed E-state index contributed by atoms with van der Waals surface area (Å²) in [6.45, 7) is -0.0875. The van der Waals surface area contributed by atoms with Gasteiger partial charge in [0.2, 0.25) is 0 Å². The smallest absolute Gasteiger partial charge is 0.256 e. The Morgan fingerprint density at radius 1 is 1.12 bits per heavy atom. The maximum atomic E-state index is 13.7. The van der Waals surface area contributed by atoms with Crippen molar-refractivity contribution in [1.29, 1.82) is 0 Å². The number of hydrogen-bond donors (Lipinski definition) is 1. The van der Waals surface area contributed by atoms with Gasteiger partial charge in [-0.15, -0.1) is 0 Å². The van der Waals surface area contributed by atoms with Crippen molar-refractivity contribution in [3.05, 3.63) is 76.2 Å². The minimum absolute atomic E-state index is 0.0216. The molecule has 0 bridgehead atoms. The SMILES string of the molecule is O=C(NCc1cc(-c2ccc(F)cc2F)on1)c1c(F)cccc1Cl. The highest BCUT2D eigenvalue weighted by Gasteiger charge is 2.17. The van der Waals surface area contributed by atoms with Crippen LogP contribution in [-0.2, 0) is 6.54 Å². The molecule has 25 heavy (non-hydrogen) atoms.